The molecule has 0 heterocycles. The number of anilines is 2. The van der Waals surface area contributed by atoms with E-state index in [0.717, 1.165) is 29.7 Å². The maximum atomic E-state index is 12.9. The summed E-state index contributed by atoms with van der Waals surface area (Å²) in [5.74, 6) is -1.55. The van der Waals surface area contributed by atoms with Crippen molar-refractivity contribution < 1.29 is 19.5 Å². The van der Waals surface area contributed by atoms with E-state index in [9.17, 15) is 14.4 Å². The highest BCUT2D eigenvalue weighted by Gasteiger charge is 2.16. The molecule has 0 bridgehead atoms. The van der Waals surface area contributed by atoms with Crippen LogP contribution < -0.4 is 10.6 Å². The summed E-state index contributed by atoms with van der Waals surface area (Å²) < 4.78 is 0. The SMILES string of the molecule is CCc1cccc(CC)c1NC(=O)c1ccccc1NC(=O)CCCC(=O)O. The Labute approximate surface area is 165 Å². The molecular formula is C22H26N2O4. The Morgan fingerprint density at radius 1 is 0.857 bits per heavy atom. The molecule has 0 fully saturated rings. The van der Waals surface area contributed by atoms with Gasteiger partial charge in [0.1, 0.15) is 0 Å². The minimum absolute atomic E-state index is 0.0663. The lowest BCUT2D eigenvalue weighted by Gasteiger charge is -2.16. The number of carbonyl (C=O) groups is 3. The molecule has 0 aliphatic carbocycles. The van der Waals surface area contributed by atoms with Crippen LogP contribution in [0.15, 0.2) is 42.5 Å². The van der Waals surface area contributed by atoms with Gasteiger partial charge in [-0.25, -0.2) is 0 Å². The van der Waals surface area contributed by atoms with E-state index < -0.39 is 5.97 Å². The molecule has 2 aromatic carbocycles. The molecule has 6 heteroatoms. The lowest BCUT2D eigenvalue weighted by Crippen LogP contribution is -2.19. The van der Waals surface area contributed by atoms with E-state index in [1.54, 1.807) is 24.3 Å². The van der Waals surface area contributed by atoms with Crippen LogP contribution in [0.3, 0.4) is 0 Å². The number of aryl methyl sites for hydroxylation is 2. The van der Waals surface area contributed by atoms with Gasteiger partial charge in [-0.15, -0.1) is 0 Å². The monoisotopic (exact) mass is 382 g/mol. The summed E-state index contributed by atoms with van der Waals surface area (Å²) in [5, 5.41) is 14.4. The van der Waals surface area contributed by atoms with E-state index >= 15 is 0 Å². The number of carboxylic acid groups (broad SMARTS) is 1. The van der Waals surface area contributed by atoms with Crippen LogP contribution in [0.25, 0.3) is 0 Å². The summed E-state index contributed by atoms with van der Waals surface area (Å²) in [6.45, 7) is 4.07. The third-order valence-corrected chi connectivity index (χ3v) is 4.48. The average molecular weight is 382 g/mol. The molecule has 2 rings (SSSR count). The van der Waals surface area contributed by atoms with Crippen LogP contribution in [-0.4, -0.2) is 22.9 Å². The Bertz CT molecular complexity index is 839. The van der Waals surface area contributed by atoms with Crippen LogP contribution in [0.5, 0.6) is 0 Å². The first-order chi connectivity index (χ1) is 13.5. The first-order valence-corrected chi connectivity index (χ1v) is 9.49. The highest BCUT2D eigenvalue weighted by atomic mass is 16.4. The van der Waals surface area contributed by atoms with Gasteiger partial charge in [0.15, 0.2) is 0 Å². The Balaban J connectivity index is 2.17. The van der Waals surface area contributed by atoms with Gasteiger partial charge in [-0.2, -0.15) is 0 Å². The van der Waals surface area contributed by atoms with Gasteiger partial charge in [0, 0.05) is 18.5 Å². The van der Waals surface area contributed by atoms with E-state index in [1.807, 2.05) is 32.0 Å². The van der Waals surface area contributed by atoms with Crippen molar-refractivity contribution in [3.05, 3.63) is 59.2 Å². The molecule has 2 amide bonds. The first kappa shape index (κ1) is 21.2. The predicted molar refractivity (Wildman–Crippen MR) is 110 cm³/mol. The summed E-state index contributed by atoms with van der Waals surface area (Å²) in [5.41, 5.74) is 3.71. The number of para-hydroxylation sites is 2. The van der Waals surface area contributed by atoms with E-state index in [2.05, 4.69) is 10.6 Å². The summed E-state index contributed by atoms with van der Waals surface area (Å²) >= 11 is 0. The maximum absolute atomic E-state index is 12.9. The predicted octanol–water partition coefficient (Wildman–Crippen LogP) is 4.26. The smallest absolute Gasteiger partial charge is 0.303 e. The number of rotatable bonds is 9. The van der Waals surface area contributed by atoms with E-state index in [-0.39, 0.29) is 31.1 Å². The maximum Gasteiger partial charge on any atom is 0.303 e. The van der Waals surface area contributed by atoms with Crippen molar-refractivity contribution in [3.63, 3.8) is 0 Å². The fourth-order valence-electron chi connectivity index (χ4n) is 2.99. The molecule has 0 aromatic heterocycles. The molecule has 6 nitrogen and oxygen atoms in total. The Kier molecular flexibility index (Phi) is 7.75. The van der Waals surface area contributed by atoms with Gasteiger partial charge in [0.25, 0.3) is 5.91 Å². The minimum atomic E-state index is -0.936. The van der Waals surface area contributed by atoms with Crippen LogP contribution in [-0.2, 0) is 22.4 Å². The van der Waals surface area contributed by atoms with Crippen LogP contribution in [0.1, 0.15) is 54.6 Å². The van der Waals surface area contributed by atoms with Gasteiger partial charge in [0.2, 0.25) is 5.91 Å². The van der Waals surface area contributed by atoms with Gasteiger partial charge >= 0.3 is 5.97 Å². The van der Waals surface area contributed by atoms with Crippen molar-refractivity contribution in [3.8, 4) is 0 Å². The number of carboxylic acids is 1. The van der Waals surface area contributed by atoms with Crippen LogP contribution >= 0.6 is 0 Å². The summed E-state index contributed by atoms with van der Waals surface area (Å²) in [4.78, 5) is 35.6. The zero-order chi connectivity index (χ0) is 20.5. The number of hydrogen-bond acceptors (Lipinski definition) is 3. The Morgan fingerprint density at radius 3 is 2.11 bits per heavy atom. The molecule has 0 saturated heterocycles. The van der Waals surface area contributed by atoms with Crippen molar-refractivity contribution >= 4 is 29.2 Å². The second kappa shape index (κ2) is 10.3. The molecule has 0 aliphatic rings. The molecule has 2 aromatic rings. The average Bonchev–Trinajstić information content (AvgIpc) is 2.68. The molecule has 28 heavy (non-hydrogen) atoms. The quantitative estimate of drug-likeness (QED) is 0.604. The van der Waals surface area contributed by atoms with E-state index in [1.165, 1.54) is 0 Å². The molecule has 0 saturated carbocycles. The molecule has 0 radical (unpaired) electrons. The largest absolute Gasteiger partial charge is 0.481 e. The zero-order valence-electron chi connectivity index (χ0n) is 16.2. The van der Waals surface area contributed by atoms with Gasteiger partial charge in [0.05, 0.1) is 11.3 Å². The third kappa shape index (κ3) is 5.67. The number of carbonyl (C=O) groups excluding carboxylic acids is 2. The van der Waals surface area contributed by atoms with Crippen molar-refractivity contribution in [2.45, 2.75) is 46.0 Å². The number of nitrogens with one attached hydrogen (secondary N) is 2. The molecular weight excluding hydrogens is 356 g/mol. The summed E-state index contributed by atoms with van der Waals surface area (Å²) in [6, 6.07) is 12.8. The number of benzene rings is 2. The Hall–Kier alpha value is -3.15. The van der Waals surface area contributed by atoms with Crippen molar-refractivity contribution in [1.82, 2.24) is 0 Å². The fourth-order valence-corrected chi connectivity index (χ4v) is 2.99. The molecule has 0 spiro atoms. The molecule has 0 atom stereocenters. The van der Waals surface area contributed by atoms with Crippen molar-refractivity contribution in [1.29, 1.82) is 0 Å². The second-order valence-electron chi connectivity index (χ2n) is 6.45. The van der Waals surface area contributed by atoms with Crippen LogP contribution in [0, 0.1) is 0 Å². The highest BCUT2D eigenvalue weighted by molar-refractivity contribution is 6.10. The molecule has 148 valence electrons. The highest BCUT2D eigenvalue weighted by Crippen LogP contribution is 2.25. The Morgan fingerprint density at radius 2 is 1.50 bits per heavy atom. The molecule has 0 aliphatic heterocycles. The van der Waals surface area contributed by atoms with E-state index in [4.69, 9.17) is 5.11 Å². The van der Waals surface area contributed by atoms with Gasteiger partial charge in [-0.05, 0) is 42.5 Å². The number of amides is 2. The normalized spacial score (nSPS) is 10.4. The fraction of sp³-hybridized carbons (Fsp3) is 0.318. The summed E-state index contributed by atoms with van der Waals surface area (Å²) in [7, 11) is 0. The number of aliphatic carboxylic acids is 1. The number of hydrogen-bond donors (Lipinski definition) is 3. The van der Waals surface area contributed by atoms with Gasteiger partial charge in [-0.1, -0.05) is 44.2 Å². The zero-order valence-corrected chi connectivity index (χ0v) is 16.2. The standard InChI is InChI=1S/C22H26N2O4/c1-3-15-9-7-10-16(4-2)21(15)24-22(28)17-11-5-6-12-18(17)23-19(25)13-8-14-20(26)27/h5-7,9-12H,3-4,8,13-14H2,1-2H3,(H,23,25)(H,24,28)(H,26,27). The van der Waals surface area contributed by atoms with E-state index in [0.29, 0.717) is 11.3 Å². The second-order valence-corrected chi connectivity index (χ2v) is 6.45. The van der Waals surface area contributed by atoms with Gasteiger partial charge < -0.3 is 15.7 Å². The lowest BCUT2D eigenvalue weighted by atomic mass is 10.0. The topological polar surface area (TPSA) is 95.5 Å². The van der Waals surface area contributed by atoms with Gasteiger partial charge in [-0.3, -0.25) is 14.4 Å². The van der Waals surface area contributed by atoms with Crippen LogP contribution in [0.4, 0.5) is 11.4 Å². The molecule has 0 unspecified atom stereocenters. The lowest BCUT2D eigenvalue weighted by molar-refractivity contribution is -0.137. The third-order valence-electron chi connectivity index (χ3n) is 4.48. The van der Waals surface area contributed by atoms with Crippen LogP contribution in [0.2, 0.25) is 0 Å². The first-order valence-electron chi connectivity index (χ1n) is 9.49. The molecule has 3 N–H and O–H groups in total. The van der Waals surface area contributed by atoms with Crippen molar-refractivity contribution in [2.75, 3.05) is 10.6 Å². The summed E-state index contributed by atoms with van der Waals surface area (Å²) in [6.07, 6.45) is 1.86. The van der Waals surface area contributed by atoms with Crippen molar-refractivity contribution in [2.24, 2.45) is 0 Å². The minimum Gasteiger partial charge on any atom is -0.481 e.